The maximum Gasteiger partial charge on any atom is 0.0540 e. The van der Waals surface area contributed by atoms with Crippen molar-refractivity contribution >= 4 is 27.3 Å². The molecule has 0 spiro atoms. The normalized spacial score (nSPS) is 18.9. The molecule has 5 heteroatoms. The third-order valence-electron chi connectivity index (χ3n) is 3.52. The molecule has 3 rings (SSSR count). The van der Waals surface area contributed by atoms with E-state index in [0.29, 0.717) is 6.04 Å². The van der Waals surface area contributed by atoms with Crippen molar-refractivity contribution < 1.29 is 0 Å². The predicted molar refractivity (Wildman–Crippen MR) is 77.7 cm³/mol. The summed E-state index contributed by atoms with van der Waals surface area (Å²) in [5, 5.41) is 10.2. The molecule has 1 atom stereocenters. The molecule has 2 heterocycles. The summed E-state index contributed by atoms with van der Waals surface area (Å²) >= 11 is 5.29. The molecule has 0 saturated heterocycles. The Morgan fingerprint density at radius 3 is 3.28 bits per heavy atom. The van der Waals surface area contributed by atoms with Crippen LogP contribution in [-0.4, -0.2) is 9.78 Å². The molecular formula is C13H16BrN3S. The molecule has 1 aliphatic carbocycles. The molecule has 0 bridgehead atoms. The van der Waals surface area contributed by atoms with Crippen molar-refractivity contribution in [1.82, 2.24) is 15.1 Å². The van der Waals surface area contributed by atoms with E-state index in [2.05, 4.69) is 37.8 Å². The molecule has 1 aliphatic rings. The molecule has 0 aliphatic heterocycles. The molecule has 0 fully saturated rings. The zero-order valence-corrected chi connectivity index (χ0v) is 12.7. The first-order valence-corrected chi connectivity index (χ1v) is 7.88. The Morgan fingerprint density at radius 1 is 1.61 bits per heavy atom. The average Bonchev–Trinajstić information content (AvgIpc) is 2.94. The average molecular weight is 326 g/mol. The minimum Gasteiger partial charge on any atom is -0.305 e. The van der Waals surface area contributed by atoms with Gasteiger partial charge in [0, 0.05) is 45.6 Å². The van der Waals surface area contributed by atoms with Crippen molar-refractivity contribution in [2.24, 2.45) is 7.05 Å². The van der Waals surface area contributed by atoms with E-state index in [0.717, 1.165) is 13.0 Å². The lowest BCUT2D eigenvalue weighted by molar-refractivity contribution is 0.453. The van der Waals surface area contributed by atoms with Crippen LogP contribution in [0.2, 0.25) is 0 Å². The molecule has 0 amide bonds. The van der Waals surface area contributed by atoms with E-state index in [1.54, 1.807) is 11.3 Å². The smallest absolute Gasteiger partial charge is 0.0540 e. The molecule has 0 radical (unpaired) electrons. The van der Waals surface area contributed by atoms with E-state index in [1.165, 1.54) is 33.4 Å². The summed E-state index contributed by atoms with van der Waals surface area (Å²) in [5.74, 6) is 0. The Labute approximate surface area is 119 Å². The van der Waals surface area contributed by atoms with Crippen molar-refractivity contribution in [3.8, 4) is 0 Å². The molecule has 2 aromatic rings. The number of aromatic nitrogens is 2. The Kier molecular flexibility index (Phi) is 3.54. The molecule has 3 nitrogen and oxygen atoms in total. The highest BCUT2D eigenvalue weighted by molar-refractivity contribution is 9.10. The first-order valence-electron chi connectivity index (χ1n) is 6.21. The molecular weight excluding hydrogens is 310 g/mol. The van der Waals surface area contributed by atoms with Gasteiger partial charge in [0.05, 0.1) is 6.20 Å². The van der Waals surface area contributed by atoms with Gasteiger partial charge in [-0.25, -0.2) is 0 Å². The molecule has 96 valence electrons. The Balaban J connectivity index is 1.71. The first-order chi connectivity index (χ1) is 8.74. The predicted octanol–water partition coefficient (Wildman–Crippen LogP) is 3.41. The topological polar surface area (TPSA) is 29.9 Å². The van der Waals surface area contributed by atoms with Gasteiger partial charge in [-0.2, -0.15) is 5.10 Å². The third kappa shape index (κ3) is 2.39. The van der Waals surface area contributed by atoms with Gasteiger partial charge in [-0.05, 0) is 41.3 Å². The lowest BCUT2D eigenvalue weighted by atomic mass is 9.93. The Bertz CT molecular complexity index is 546. The van der Waals surface area contributed by atoms with E-state index < -0.39 is 0 Å². The second-order valence-electron chi connectivity index (χ2n) is 4.73. The Hall–Kier alpha value is -0.650. The molecule has 18 heavy (non-hydrogen) atoms. The number of nitrogens with zero attached hydrogens (tertiary/aromatic N) is 2. The van der Waals surface area contributed by atoms with Gasteiger partial charge >= 0.3 is 0 Å². The molecule has 1 N–H and O–H groups in total. The summed E-state index contributed by atoms with van der Waals surface area (Å²) in [6, 6.07) is 2.65. The monoisotopic (exact) mass is 325 g/mol. The number of hydrogen-bond acceptors (Lipinski definition) is 3. The second-order valence-corrected chi connectivity index (χ2v) is 6.64. The summed E-state index contributed by atoms with van der Waals surface area (Å²) in [5.41, 5.74) is 2.78. The fraction of sp³-hybridized carbons (Fsp3) is 0.462. The molecule has 0 aromatic carbocycles. The van der Waals surface area contributed by atoms with Crippen LogP contribution in [0.5, 0.6) is 0 Å². The zero-order valence-electron chi connectivity index (χ0n) is 10.3. The summed E-state index contributed by atoms with van der Waals surface area (Å²) < 4.78 is 3.19. The van der Waals surface area contributed by atoms with E-state index in [4.69, 9.17) is 0 Å². The fourth-order valence-corrected chi connectivity index (χ4v) is 3.99. The first kappa shape index (κ1) is 12.4. The van der Waals surface area contributed by atoms with Gasteiger partial charge in [0.2, 0.25) is 0 Å². The number of nitrogens with one attached hydrogen (secondary N) is 1. The van der Waals surface area contributed by atoms with Gasteiger partial charge in [0.25, 0.3) is 0 Å². The molecule has 1 unspecified atom stereocenters. The van der Waals surface area contributed by atoms with Gasteiger partial charge in [-0.3, -0.25) is 4.68 Å². The van der Waals surface area contributed by atoms with Crippen LogP contribution in [-0.2, 0) is 20.0 Å². The highest BCUT2D eigenvalue weighted by Crippen LogP contribution is 2.30. The maximum atomic E-state index is 4.38. The van der Waals surface area contributed by atoms with Crippen LogP contribution in [0.1, 0.15) is 35.0 Å². The van der Waals surface area contributed by atoms with E-state index in [9.17, 15) is 0 Å². The minimum absolute atomic E-state index is 0.461. The van der Waals surface area contributed by atoms with Crippen LogP contribution in [0, 0.1) is 0 Å². The highest BCUT2D eigenvalue weighted by atomic mass is 79.9. The van der Waals surface area contributed by atoms with Crippen molar-refractivity contribution in [2.75, 3.05) is 0 Å². The van der Waals surface area contributed by atoms with Crippen LogP contribution >= 0.6 is 27.3 Å². The third-order valence-corrected chi connectivity index (χ3v) is 5.22. The maximum absolute atomic E-state index is 4.38. The van der Waals surface area contributed by atoms with Crippen LogP contribution < -0.4 is 5.32 Å². The summed E-state index contributed by atoms with van der Waals surface area (Å²) in [6.07, 6.45) is 5.65. The van der Waals surface area contributed by atoms with Gasteiger partial charge < -0.3 is 5.32 Å². The van der Waals surface area contributed by atoms with Gasteiger partial charge in [-0.15, -0.1) is 11.3 Å². The number of fused-ring (bicyclic) bond motifs is 1. The van der Waals surface area contributed by atoms with Crippen LogP contribution in [0.4, 0.5) is 0 Å². The van der Waals surface area contributed by atoms with Crippen molar-refractivity contribution in [1.29, 1.82) is 0 Å². The number of halogens is 1. The van der Waals surface area contributed by atoms with Gasteiger partial charge in [0.15, 0.2) is 0 Å². The van der Waals surface area contributed by atoms with Crippen LogP contribution in [0.15, 0.2) is 22.1 Å². The Morgan fingerprint density at radius 2 is 2.50 bits per heavy atom. The van der Waals surface area contributed by atoms with Gasteiger partial charge in [0.1, 0.15) is 0 Å². The standard InChI is InChI=1S/C13H16BrN3S/c1-17-13-4-2-3-12(11(13)7-16-17)15-6-10-5-9(14)8-18-10/h5,7-8,12,15H,2-4,6H2,1H3. The molecule has 2 aromatic heterocycles. The van der Waals surface area contributed by atoms with Crippen molar-refractivity contribution in [3.05, 3.63) is 38.3 Å². The van der Waals surface area contributed by atoms with Crippen molar-refractivity contribution in [3.63, 3.8) is 0 Å². The summed E-state index contributed by atoms with van der Waals surface area (Å²) in [4.78, 5) is 1.37. The SMILES string of the molecule is Cn1ncc2c1CCCC2NCc1cc(Br)cs1. The second kappa shape index (κ2) is 5.15. The van der Waals surface area contributed by atoms with Crippen LogP contribution in [0.25, 0.3) is 0 Å². The van der Waals surface area contributed by atoms with Gasteiger partial charge in [-0.1, -0.05) is 0 Å². The molecule has 0 saturated carbocycles. The van der Waals surface area contributed by atoms with E-state index >= 15 is 0 Å². The number of rotatable bonds is 3. The largest absolute Gasteiger partial charge is 0.305 e. The van der Waals surface area contributed by atoms with E-state index in [1.807, 2.05) is 17.9 Å². The number of thiophene rings is 1. The van der Waals surface area contributed by atoms with Crippen molar-refractivity contribution in [2.45, 2.75) is 31.8 Å². The minimum atomic E-state index is 0.461. The number of hydrogen-bond donors (Lipinski definition) is 1. The quantitative estimate of drug-likeness (QED) is 0.937. The zero-order chi connectivity index (χ0) is 12.5. The lowest BCUT2D eigenvalue weighted by Gasteiger charge is -2.23. The lowest BCUT2D eigenvalue weighted by Crippen LogP contribution is -2.24. The number of aryl methyl sites for hydroxylation is 1. The van der Waals surface area contributed by atoms with Crippen LogP contribution in [0.3, 0.4) is 0 Å². The summed E-state index contributed by atoms with van der Waals surface area (Å²) in [7, 11) is 2.04. The fourth-order valence-electron chi connectivity index (χ4n) is 2.59. The summed E-state index contributed by atoms with van der Waals surface area (Å²) in [6.45, 7) is 0.940. The van der Waals surface area contributed by atoms with E-state index in [-0.39, 0.29) is 0 Å². The highest BCUT2D eigenvalue weighted by Gasteiger charge is 2.22.